The van der Waals surface area contributed by atoms with E-state index in [2.05, 4.69) is 20.3 Å². The lowest BCUT2D eigenvalue weighted by molar-refractivity contribution is -0.0337. The van der Waals surface area contributed by atoms with Gasteiger partial charge in [-0.2, -0.15) is 18.2 Å². The number of hydrogen-bond acceptors (Lipinski definition) is 8. The van der Waals surface area contributed by atoms with Crippen LogP contribution in [0.4, 0.5) is 13.2 Å². The number of benzene rings is 1. The van der Waals surface area contributed by atoms with Gasteiger partial charge in [0.25, 0.3) is 5.22 Å². The van der Waals surface area contributed by atoms with Crippen LogP contribution in [0.1, 0.15) is 35.7 Å². The molecule has 0 fully saturated rings. The first-order valence-corrected chi connectivity index (χ1v) is 9.66. The fraction of sp³-hybridized carbons (Fsp3) is 0.444. The van der Waals surface area contributed by atoms with Crippen LogP contribution >= 0.6 is 11.8 Å². The number of thioether (sulfide) groups is 1. The van der Waals surface area contributed by atoms with E-state index < -0.39 is 22.5 Å². The second kappa shape index (κ2) is 8.85. The zero-order valence-electron chi connectivity index (χ0n) is 16.0. The molecule has 1 aromatic carbocycles. The average molecular weight is 428 g/mol. The highest BCUT2D eigenvalue weighted by molar-refractivity contribution is 7.99. The second-order valence-electron chi connectivity index (χ2n) is 6.39. The topological polar surface area (TPSA) is 87.1 Å². The van der Waals surface area contributed by atoms with Crippen molar-refractivity contribution in [3.05, 3.63) is 35.0 Å². The van der Waals surface area contributed by atoms with Gasteiger partial charge in [0, 0.05) is 30.7 Å². The number of hydrogen-bond donors (Lipinski definition) is 0. The predicted molar refractivity (Wildman–Crippen MR) is 98.6 cm³/mol. The first kappa shape index (κ1) is 21.2. The van der Waals surface area contributed by atoms with Crippen LogP contribution in [0.3, 0.4) is 0 Å². The van der Waals surface area contributed by atoms with E-state index in [1.807, 2.05) is 26.0 Å². The number of unbranched alkanes of at least 4 members (excludes halogenated alkanes) is 1. The molecule has 0 amide bonds. The fourth-order valence-electron chi connectivity index (χ4n) is 2.76. The van der Waals surface area contributed by atoms with Crippen molar-refractivity contribution in [2.75, 3.05) is 6.61 Å². The zero-order chi connectivity index (χ0) is 21.0. The van der Waals surface area contributed by atoms with E-state index in [4.69, 9.17) is 13.7 Å². The first-order valence-electron chi connectivity index (χ1n) is 8.84. The molecule has 0 radical (unpaired) electrons. The highest BCUT2D eigenvalue weighted by Crippen LogP contribution is 2.36. The van der Waals surface area contributed by atoms with Crippen molar-refractivity contribution in [3.63, 3.8) is 0 Å². The molecule has 2 heterocycles. The van der Waals surface area contributed by atoms with Crippen LogP contribution in [0.2, 0.25) is 0 Å². The van der Waals surface area contributed by atoms with Gasteiger partial charge in [-0.3, -0.25) is 0 Å². The highest BCUT2D eigenvalue weighted by atomic mass is 32.2. The summed E-state index contributed by atoms with van der Waals surface area (Å²) < 4.78 is 52.7. The third-order valence-electron chi connectivity index (χ3n) is 3.93. The summed E-state index contributed by atoms with van der Waals surface area (Å²) in [6, 6.07) is 3.87. The molecule has 0 bridgehead atoms. The third-order valence-corrected chi connectivity index (χ3v) is 4.50. The molecule has 0 N–H and O–H groups in total. The molecule has 0 aliphatic heterocycles. The molecular formula is C18H19F3N4O3S. The van der Waals surface area contributed by atoms with Crippen molar-refractivity contribution in [2.24, 2.45) is 0 Å². The lowest BCUT2D eigenvalue weighted by atomic mass is 10.1. The largest absolute Gasteiger partial charge is 0.493 e. The lowest BCUT2D eigenvalue weighted by Gasteiger charge is -2.13. The number of ether oxygens (including phenoxy) is 1. The zero-order valence-corrected chi connectivity index (χ0v) is 16.9. The SMILES string of the molecule is Cc1nc(-c2cc(C)c(OCCCCc3nnc(SC(F)(F)F)o3)c(C)c2)no1. The normalized spacial score (nSPS) is 11.8. The summed E-state index contributed by atoms with van der Waals surface area (Å²) in [6.07, 6.45) is 1.73. The smallest absolute Gasteiger partial charge is 0.450 e. The van der Waals surface area contributed by atoms with Gasteiger partial charge in [-0.15, -0.1) is 10.2 Å². The van der Waals surface area contributed by atoms with Crippen molar-refractivity contribution >= 4 is 11.8 Å². The molecule has 0 unspecified atom stereocenters. The maximum absolute atomic E-state index is 12.3. The van der Waals surface area contributed by atoms with E-state index in [0.717, 1.165) is 22.4 Å². The molecule has 7 nitrogen and oxygen atoms in total. The molecule has 0 saturated heterocycles. The van der Waals surface area contributed by atoms with Crippen LogP contribution in [-0.2, 0) is 6.42 Å². The van der Waals surface area contributed by atoms with Crippen LogP contribution in [0.15, 0.2) is 26.3 Å². The second-order valence-corrected chi connectivity index (χ2v) is 7.41. The summed E-state index contributed by atoms with van der Waals surface area (Å²) in [5.74, 6) is 2.00. The first-order chi connectivity index (χ1) is 13.7. The molecule has 11 heteroatoms. The Balaban J connectivity index is 1.48. The minimum absolute atomic E-state index is 0.184. The monoisotopic (exact) mass is 428 g/mol. The van der Waals surface area contributed by atoms with Gasteiger partial charge in [-0.25, -0.2) is 0 Å². The number of aryl methyl sites for hydroxylation is 4. The maximum Gasteiger partial charge on any atom is 0.450 e. The summed E-state index contributed by atoms with van der Waals surface area (Å²) in [6.45, 7) is 6.08. The van der Waals surface area contributed by atoms with E-state index in [-0.39, 0.29) is 5.89 Å². The van der Waals surface area contributed by atoms with Gasteiger partial charge in [-0.1, -0.05) is 5.16 Å². The van der Waals surface area contributed by atoms with E-state index in [0.29, 0.717) is 37.6 Å². The van der Waals surface area contributed by atoms with Crippen molar-refractivity contribution in [2.45, 2.75) is 50.8 Å². The van der Waals surface area contributed by atoms with Gasteiger partial charge < -0.3 is 13.7 Å². The van der Waals surface area contributed by atoms with E-state index in [9.17, 15) is 13.2 Å². The van der Waals surface area contributed by atoms with Gasteiger partial charge in [0.1, 0.15) is 5.75 Å². The molecule has 156 valence electrons. The number of rotatable bonds is 8. The molecule has 2 aromatic heterocycles. The van der Waals surface area contributed by atoms with Gasteiger partial charge in [-0.05, 0) is 49.9 Å². The molecule has 0 spiro atoms. The minimum atomic E-state index is -4.44. The Morgan fingerprint density at radius 2 is 1.79 bits per heavy atom. The summed E-state index contributed by atoms with van der Waals surface area (Å²) in [5, 5.41) is 10.4. The Morgan fingerprint density at radius 1 is 1.07 bits per heavy atom. The van der Waals surface area contributed by atoms with Crippen molar-refractivity contribution in [3.8, 4) is 17.1 Å². The van der Waals surface area contributed by atoms with E-state index in [1.54, 1.807) is 6.92 Å². The molecular weight excluding hydrogens is 409 g/mol. The molecule has 3 aromatic rings. The lowest BCUT2D eigenvalue weighted by Crippen LogP contribution is -2.02. The Labute approximate surface area is 169 Å². The number of alkyl halides is 3. The molecule has 3 rings (SSSR count). The minimum Gasteiger partial charge on any atom is -0.493 e. The van der Waals surface area contributed by atoms with Crippen LogP contribution < -0.4 is 4.74 Å². The van der Waals surface area contributed by atoms with Crippen LogP contribution in [-0.4, -0.2) is 32.5 Å². The Bertz CT molecular complexity index is 948. The highest BCUT2D eigenvalue weighted by Gasteiger charge is 2.32. The fourth-order valence-corrected chi connectivity index (χ4v) is 3.17. The Kier molecular flexibility index (Phi) is 6.46. The average Bonchev–Trinajstić information content (AvgIpc) is 3.24. The molecule has 0 saturated carbocycles. The maximum atomic E-state index is 12.3. The standard InChI is InChI=1S/C18H19F3N4O3S/c1-10-8-13(16-22-12(3)28-25-16)9-11(2)15(10)26-7-5-4-6-14-23-24-17(27-14)29-18(19,20)21/h8-9H,4-7H2,1-3H3. The quantitative estimate of drug-likeness (QED) is 0.364. The van der Waals surface area contributed by atoms with Crippen molar-refractivity contribution in [1.82, 2.24) is 20.3 Å². The predicted octanol–water partition coefficient (Wildman–Crippen LogP) is 5.06. The van der Waals surface area contributed by atoms with Gasteiger partial charge >= 0.3 is 5.51 Å². The van der Waals surface area contributed by atoms with E-state index in [1.165, 1.54) is 0 Å². The Morgan fingerprint density at radius 3 is 2.41 bits per heavy atom. The van der Waals surface area contributed by atoms with Crippen molar-refractivity contribution < 1.29 is 26.8 Å². The van der Waals surface area contributed by atoms with Gasteiger partial charge in [0.05, 0.1) is 6.61 Å². The molecule has 0 atom stereocenters. The summed E-state index contributed by atoms with van der Waals surface area (Å²) in [5.41, 5.74) is -1.68. The molecule has 0 aliphatic rings. The summed E-state index contributed by atoms with van der Waals surface area (Å²) >= 11 is -0.413. The van der Waals surface area contributed by atoms with E-state index >= 15 is 0 Å². The molecule has 0 aliphatic carbocycles. The van der Waals surface area contributed by atoms with Crippen LogP contribution in [0.25, 0.3) is 11.4 Å². The number of aromatic nitrogens is 4. The molecule has 29 heavy (non-hydrogen) atoms. The van der Waals surface area contributed by atoms with Crippen LogP contribution in [0.5, 0.6) is 5.75 Å². The number of nitrogens with zero attached hydrogens (tertiary/aromatic N) is 4. The Hall–Kier alpha value is -2.56. The van der Waals surface area contributed by atoms with Crippen molar-refractivity contribution in [1.29, 1.82) is 0 Å². The van der Waals surface area contributed by atoms with Crippen LogP contribution in [0, 0.1) is 20.8 Å². The third kappa shape index (κ3) is 5.96. The number of halogens is 3. The summed E-state index contributed by atoms with van der Waals surface area (Å²) in [4.78, 5) is 4.23. The van der Waals surface area contributed by atoms with Gasteiger partial charge in [0.2, 0.25) is 17.6 Å². The summed E-state index contributed by atoms with van der Waals surface area (Å²) in [7, 11) is 0. The van der Waals surface area contributed by atoms with Gasteiger partial charge in [0.15, 0.2) is 0 Å².